The summed E-state index contributed by atoms with van der Waals surface area (Å²) in [5.74, 6) is -0.507. The van der Waals surface area contributed by atoms with Crippen molar-refractivity contribution in [3.05, 3.63) is 0 Å². The first-order valence-corrected chi connectivity index (χ1v) is 43.0. The normalized spacial score (nSPS) is 14.3. The van der Waals surface area contributed by atoms with Crippen LogP contribution in [0.15, 0.2) is 0 Å². The van der Waals surface area contributed by atoms with Crippen LogP contribution in [-0.2, 0) is 65.4 Å². The van der Waals surface area contributed by atoms with Crippen LogP contribution >= 0.6 is 15.6 Å². The Bertz CT molecular complexity index is 1860. The van der Waals surface area contributed by atoms with E-state index in [0.29, 0.717) is 25.7 Å². The van der Waals surface area contributed by atoms with Crippen LogP contribution in [0.3, 0.4) is 0 Å². The number of esters is 4. The lowest BCUT2D eigenvalue weighted by Gasteiger charge is -2.21. The highest BCUT2D eigenvalue weighted by Gasteiger charge is 2.30. The van der Waals surface area contributed by atoms with Crippen molar-refractivity contribution in [1.29, 1.82) is 0 Å². The molecular weight excluding hydrogens is 1260 g/mol. The molecule has 6 atom stereocenters. The molecule has 0 aliphatic rings. The van der Waals surface area contributed by atoms with Gasteiger partial charge >= 0.3 is 39.5 Å². The summed E-state index contributed by atoms with van der Waals surface area (Å²) in [5, 5.41) is 10.6. The van der Waals surface area contributed by atoms with E-state index in [-0.39, 0.29) is 25.7 Å². The molecule has 0 aliphatic heterocycles. The molecule has 0 aliphatic carbocycles. The number of rotatable bonds is 76. The summed E-state index contributed by atoms with van der Waals surface area (Å²) in [6.45, 7) is 9.66. The third kappa shape index (κ3) is 69.2. The van der Waals surface area contributed by atoms with Gasteiger partial charge in [0.1, 0.15) is 19.3 Å². The number of carbonyl (C=O) groups is 4. The molecular formula is C77H150O17P2. The molecule has 19 heteroatoms. The second-order valence-corrected chi connectivity index (χ2v) is 31.4. The number of aliphatic hydroxyl groups excluding tert-OH is 1. The van der Waals surface area contributed by atoms with E-state index in [2.05, 4.69) is 41.5 Å². The lowest BCUT2D eigenvalue weighted by Crippen LogP contribution is -2.30. The number of hydrogen-bond acceptors (Lipinski definition) is 15. The highest BCUT2D eigenvalue weighted by atomic mass is 31.2. The molecule has 0 spiro atoms. The van der Waals surface area contributed by atoms with E-state index in [4.69, 9.17) is 37.0 Å². The van der Waals surface area contributed by atoms with Gasteiger partial charge in [-0.3, -0.25) is 37.3 Å². The maximum Gasteiger partial charge on any atom is 0.472 e. The van der Waals surface area contributed by atoms with Crippen molar-refractivity contribution in [2.45, 2.75) is 419 Å². The molecule has 3 unspecified atom stereocenters. The van der Waals surface area contributed by atoms with Gasteiger partial charge in [-0.2, -0.15) is 0 Å². The standard InChI is InChI=1S/C77H150O17P2/c1-7-10-12-14-16-18-20-24-29-37-43-49-55-61-76(81)93-72(65-87-74(79)59-53-47-41-35-28-21-19-17-15-13-11-8-2)67-91-95(83,84)89-63-71(78)64-90-96(85,86)92-68-73(66-88-75(80)60-54-48-42-36-32-31-33-39-45-51-57-69(4)5)94-77(82)62-56-50-44-38-30-26-23-22-25-27-34-40-46-52-58-70(6)9-3/h69-73,78H,7-68H2,1-6H3,(H,83,84)(H,85,86)/t70?,71-,72+,73+/m0/s1. The molecule has 17 nitrogen and oxygen atoms in total. The number of carbonyl (C=O) groups excluding carboxylic acids is 4. The molecule has 0 saturated heterocycles. The van der Waals surface area contributed by atoms with Gasteiger partial charge in [-0.05, 0) is 37.5 Å². The largest absolute Gasteiger partial charge is 0.472 e. The second kappa shape index (κ2) is 68.8. The minimum absolute atomic E-state index is 0.108. The summed E-state index contributed by atoms with van der Waals surface area (Å²) in [4.78, 5) is 72.9. The highest BCUT2D eigenvalue weighted by Crippen LogP contribution is 2.45. The van der Waals surface area contributed by atoms with Crippen molar-refractivity contribution in [1.82, 2.24) is 0 Å². The minimum Gasteiger partial charge on any atom is -0.462 e. The van der Waals surface area contributed by atoms with Crippen molar-refractivity contribution in [3.63, 3.8) is 0 Å². The molecule has 570 valence electrons. The zero-order valence-corrected chi connectivity index (χ0v) is 64.5. The first-order chi connectivity index (χ1) is 46.4. The Balaban J connectivity index is 5.25. The van der Waals surface area contributed by atoms with E-state index < -0.39 is 97.5 Å². The Kier molecular flexibility index (Phi) is 67.4. The smallest absolute Gasteiger partial charge is 0.462 e. The van der Waals surface area contributed by atoms with Crippen molar-refractivity contribution in [2.75, 3.05) is 39.6 Å². The molecule has 3 N–H and O–H groups in total. The summed E-state index contributed by atoms with van der Waals surface area (Å²) in [5.41, 5.74) is 0. The first kappa shape index (κ1) is 94.1. The van der Waals surface area contributed by atoms with Gasteiger partial charge in [-0.1, -0.05) is 350 Å². The number of phosphoric ester groups is 2. The zero-order valence-electron chi connectivity index (χ0n) is 62.7. The van der Waals surface area contributed by atoms with Crippen LogP contribution in [0.1, 0.15) is 401 Å². The van der Waals surface area contributed by atoms with E-state index in [1.54, 1.807) is 0 Å². The van der Waals surface area contributed by atoms with E-state index >= 15 is 0 Å². The molecule has 0 saturated carbocycles. The monoisotopic (exact) mass is 1410 g/mol. The molecule has 0 aromatic rings. The molecule has 0 rings (SSSR count). The predicted molar refractivity (Wildman–Crippen MR) is 391 cm³/mol. The van der Waals surface area contributed by atoms with Crippen molar-refractivity contribution in [3.8, 4) is 0 Å². The quantitative estimate of drug-likeness (QED) is 0.0222. The predicted octanol–water partition coefficient (Wildman–Crippen LogP) is 22.7. The molecule has 0 amide bonds. The average molecular weight is 1410 g/mol. The molecule has 0 fully saturated rings. The van der Waals surface area contributed by atoms with Crippen LogP contribution in [-0.4, -0.2) is 96.7 Å². The van der Waals surface area contributed by atoms with E-state index in [1.807, 2.05) is 0 Å². The molecule has 0 aromatic heterocycles. The van der Waals surface area contributed by atoms with Gasteiger partial charge in [0, 0.05) is 25.7 Å². The lowest BCUT2D eigenvalue weighted by molar-refractivity contribution is -0.161. The van der Waals surface area contributed by atoms with Crippen molar-refractivity contribution < 1.29 is 80.2 Å². The van der Waals surface area contributed by atoms with Gasteiger partial charge in [0.15, 0.2) is 12.2 Å². The van der Waals surface area contributed by atoms with Crippen LogP contribution < -0.4 is 0 Å². The molecule has 0 bridgehead atoms. The number of phosphoric acid groups is 2. The van der Waals surface area contributed by atoms with Gasteiger partial charge in [0.25, 0.3) is 0 Å². The summed E-state index contributed by atoms with van der Waals surface area (Å²) < 4.78 is 68.6. The molecule has 0 aromatic carbocycles. The van der Waals surface area contributed by atoms with E-state index in [1.165, 1.54) is 218 Å². The van der Waals surface area contributed by atoms with Gasteiger partial charge in [0.2, 0.25) is 0 Å². The minimum atomic E-state index is -4.96. The molecule has 0 heterocycles. The summed E-state index contributed by atoms with van der Waals surface area (Å²) in [6, 6.07) is 0. The van der Waals surface area contributed by atoms with Crippen LogP contribution in [0.2, 0.25) is 0 Å². The fourth-order valence-electron chi connectivity index (χ4n) is 11.8. The Labute approximate surface area is 588 Å². The maximum absolute atomic E-state index is 13.1. The highest BCUT2D eigenvalue weighted by molar-refractivity contribution is 7.47. The van der Waals surface area contributed by atoms with Crippen molar-refractivity contribution >= 4 is 39.5 Å². The van der Waals surface area contributed by atoms with Crippen LogP contribution in [0.5, 0.6) is 0 Å². The maximum atomic E-state index is 13.1. The fraction of sp³-hybridized carbons (Fsp3) is 0.948. The average Bonchev–Trinajstić information content (AvgIpc) is 2.75. The Morgan fingerprint density at radius 2 is 0.531 bits per heavy atom. The zero-order chi connectivity index (χ0) is 70.7. The summed E-state index contributed by atoms with van der Waals surface area (Å²) in [6.07, 6.45) is 56.6. The first-order valence-electron chi connectivity index (χ1n) is 40.0. The fourth-order valence-corrected chi connectivity index (χ4v) is 13.4. The number of aliphatic hydroxyl groups is 1. The topological polar surface area (TPSA) is 237 Å². The molecule has 96 heavy (non-hydrogen) atoms. The second-order valence-electron chi connectivity index (χ2n) is 28.5. The van der Waals surface area contributed by atoms with Crippen LogP contribution in [0.25, 0.3) is 0 Å². The third-order valence-corrected chi connectivity index (χ3v) is 20.2. The van der Waals surface area contributed by atoms with Crippen LogP contribution in [0, 0.1) is 11.8 Å². The molecule has 0 radical (unpaired) electrons. The Morgan fingerprint density at radius 3 is 0.792 bits per heavy atom. The van der Waals surface area contributed by atoms with Gasteiger partial charge in [-0.15, -0.1) is 0 Å². The SMILES string of the molecule is CCCCCCCCCCCCCCCC(=O)O[C@H](COC(=O)CCCCCCCCCCCCCC)COP(=O)(O)OC[C@H](O)COP(=O)(O)OC[C@@H](COC(=O)CCCCCCCCCCCCC(C)C)OC(=O)CCCCCCCCCCCCCCCCC(C)CC. The van der Waals surface area contributed by atoms with Crippen LogP contribution in [0.4, 0.5) is 0 Å². The third-order valence-electron chi connectivity index (χ3n) is 18.3. The van der Waals surface area contributed by atoms with E-state index in [9.17, 15) is 43.2 Å². The van der Waals surface area contributed by atoms with Gasteiger partial charge in [0.05, 0.1) is 26.4 Å². The Hall–Kier alpha value is -1.94. The number of unbranched alkanes of at least 4 members (excludes halogenated alkanes) is 45. The summed E-state index contributed by atoms with van der Waals surface area (Å²) >= 11 is 0. The van der Waals surface area contributed by atoms with Gasteiger partial charge < -0.3 is 33.8 Å². The van der Waals surface area contributed by atoms with Crippen molar-refractivity contribution in [2.24, 2.45) is 11.8 Å². The lowest BCUT2D eigenvalue weighted by atomic mass is 9.99. The number of hydrogen-bond donors (Lipinski definition) is 3. The summed E-state index contributed by atoms with van der Waals surface area (Å²) in [7, 11) is -9.91. The van der Waals surface area contributed by atoms with Gasteiger partial charge in [-0.25, -0.2) is 9.13 Å². The number of ether oxygens (including phenoxy) is 4. The Morgan fingerprint density at radius 1 is 0.302 bits per heavy atom. The van der Waals surface area contributed by atoms with E-state index in [0.717, 1.165) is 102 Å².